The van der Waals surface area contributed by atoms with E-state index in [1.165, 1.54) is 6.08 Å². The molecular weight excluding hydrogens is 330 g/mol. The van der Waals surface area contributed by atoms with Crippen molar-refractivity contribution in [2.75, 3.05) is 11.1 Å². The van der Waals surface area contributed by atoms with Crippen LogP contribution in [0.2, 0.25) is 0 Å². The highest BCUT2D eigenvalue weighted by Gasteiger charge is 2.08. The van der Waals surface area contributed by atoms with E-state index in [-0.39, 0.29) is 11.7 Å². The lowest BCUT2D eigenvalue weighted by Crippen LogP contribution is -2.07. The molecule has 2 rings (SSSR count). The van der Waals surface area contributed by atoms with Crippen molar-refractivity contribution in [2.24, 2.45) is 0 Å². The van der Waals surface area contributed by atoms with Gasteiger partial charge in [0.05, 0.1) is 5.75 Å². The lowest BCUT2D eigenvalue weighted by Gasteiger charge is -1.94. The third-order valence-corrected chi connectivity index (χ3v) is 5.18. The molecule has 0 aliphatic heterocycles. The molecule has 0 saturated carbocycles. The SMILES string of the molecule is Cc1ccsc1/C=C/C(=O)Nc1nnc(SCC(=O)O)s1. The Balaban J connectivity index is 1.89. The Hall–Kier alpha value is -1.71. The molecule has 0 saturated heterocycles. The predicted octanol–water partition coefficient (Wildman–Crippen LogP) is 2.74. The summed E-state index contributed by atoms with van der Waals surface area (Å²) in [5.41, 5.74) is 1.12. The summed E-state index contributed by atoms with van der Waals surface area (Å²) in [6, 6.07) is 1.99. The fourth-order valence-corrected chi connectivity index (χ4v) is 3.59. The number of carbonyl (C=O) groups excluding carboxylic acids is 1. The smallest absolute Gasteiger partial charge is 0.313 e. The maximum absolute atomic E-state index is 11.7. The van der Waals surface area contributed by atoms with Gasteiger partial charge in [0.2, 0.25) is 11.0 Å². The van der Waals surface area contributed by atoms with Gasteiger partial charge >= 0.3 is 5.97 Å². The van der Waals surface area contributed by atoms with E-state index in [9.17, 15) is 9.59 Å². The van der Waals surface area contributed by atoms with Crippen molar-refractivity contribution in [1.29, 1.82) is 0 Å². The Morgan fingerprint density at radius 1 is 1.48 bits per heavy atom. The van der Waals surface area contributed by atoms with Crippen molar-refractivity contribution in [3.8, 4) is 0 Å². The lowest BCUT2D eigenvalue weighted by molar-refractivity contribution is -0.133. The monoisotopic (exact) mass is 341 g/mol. The van der Waals surface area contributed by atoms with Gasteiger partial charge in [0, 0.05) is 11.0 Å². The summed E-state index contributed by atoms with van der Waals surface area (Å²) in [5, 5.41) is 21.1. The molecule has 0 aromatic carbocycles. The first-order valence-electron chi connectivity index (χ1n) is 5.76. The van der Waals surface area contributed by atoms with Gasteiger partial charge in [-0.25, -0.2) is 0 Å². The maximum Gasteiger partial charge on any atom is 0.313 e. The molecule has 6 nitrogen and oxygen atoms in total. The number of aryl methyl sites for hydroxylation is 1. The third kappa shape index (κ3) is 4.96. The Morgan fingerprint density at radius 3 is 2.95 bits per heavy atom. The number of aromatic nitrogens is 2. The number of thioether (sulfide) groups is 1. The molecule has 0 bridgehead atoms. The van der Waals surface area contributed by atoms with Crippen LogP contribution < -0.4 is 5.32 Å². The van der Waals surface area contributed by atoms with Crippen LogP contribution in [0.5, 0.6) is 0 Å². The Kier molecular flexibility index (Phi) is 5.48. The molecule has 0 aliphatic carbocycles. The minimum absolute atomic E-state index is 0.0832. The zero-order valence-corrected chi connectivity index (χ0v) is 13.3. The van der Waals surface area contributed by atoms with E-state index in [0.29, 0.717) is 9.47 Å². The van der Waals surface area contributed by atoms with E-state index >= 15 is 0 Å². The fourth-order valence-electron chi connectivity index (χ4n) is 1.30. The molecule has 2 aromatic heterocycles. The highest BCUT2D eigenvalue weighted by atomic mass is 32.2. The van der Waals surface area contributed by atoms with E-state index in [1.54, 1.807) is 17.4 Å². The van der Waals surface area contributed by atoms with Crippen molar-refractivity contribution in [3.63, 3.8) is 0 Å². The second-order valence-electron chi connectivity index (χ2n) is 3.85. The first-order valence-corrected chi connectivity index (χ1v) is 8.44. The molecule has 0 aliphatic rings. The number of hydrogen-bond donors (Lipinski definition) is 2. The van der Waals surface area contributed by atoms with Crippen LogP contribution in [0.1, 0.15) is 10.4 Å². The van der Waals surface area contributed by atoms with Crippen LogP contribution in [-0.2, 0) is 9.59 Å². The first-order chi connectivity index (χ1) is 10.0. The number of anilines is 1. The molecule has 0 atom stereocenters. The maximum atomic E-state index is 11.7. The van der Waals surface area contributed by atoms with Gasteiger partial charge in [-0.3, -0.25) is 14.9 Å². The van der Waals surface area contributed by atoms with Crippen LogP contribution >= 0.6 is 34.4 Å². The first kappa shape index (κ1) is 15.7. The van der Waals surface area contributed by atoms with Gasteiger partial charge in [-0.1, -0.05) is 23.1 Å². The number of amides is 1. The van der Waals surface area contributed by atoms with Crippen molar-refractivity contribution < 1.29 is 14.7 Å². The van der Waals surface area contributed by atoms with Gasteiger partial charge in [0.1, 0.15) is 0 Å². The minimum Gasteiger partial charge on any atom is -0.481 e. The zero-order valence-electron chi connectivity index (χ0n) is 10.9. The average molecular weight is 341 g/mol. The molecule has 0 spiro atoms. The van der Waals surface area contributed by atoms with Crippen LogP contribution in [0.15, 0.2) is 21.9 Å². The quantitative estimate of drug-likeness (QED) is 0.477. The summed E-state index contributed by atoms with van der Waals surface area (Å²) in [6.45, 7) is 1.98. The fraction of sp³-hybridized carbons (Fsp3) is 0.167. The van der Waals surface area contributed by atoms with Crippen LogP contribution in [0, 0.1) is 6.92 Å². The molecule has 21 heavy (non-hydrogen) atoms. The van der Waals surface area contributed by atoms with Gasteiger partial charge in [0.15, 0.2) is 4.34 Å². The molecule has 0 radical (unpaired) electrons. The standard InChI is InChI=1S/C12H11N3O3S3/c1-7-4-5-19-8(7)2-3-9(16)13-11-14-15-12(21-11)20-6-10(17)18/h2-5H,6H2,1H3,(H,17,18)(H,13,14,16)/b3-2+. The van der Waals surface area contributed by atoms with Crippen LogP contribution in [0.3, 0.4) is 0 Å². The van der Waals surface area contributed by atoms with Crippen molar-refractivity contribution in [3.05, 3.63) is 28.0 Å². The topological polar surface area (TPSA) is 92.2 Å². The van der Waals surface area contributed by atoms with Gasteiger partial charge in [-0.05, 0) is 30.0 Å². The van der Waals surface area contributed by atoms with Crippen LogP contribution in [0.25, 0.3) is 6.08 Å². The summed E-state index contributed by atoms with van der Waals surface area (Å²) in [7, 11) is 0. The molecule has 9 heteroatoms. The Morgan fingerprint density at radius 2 is 2.29 bits per heavy atom. The number of carboxylic acid groups (broad SMARTS) is 1. The van der Waals surface area contributed by atoms with Crippen LogP contribution in [0.4, 0.5) is 5.13 Å². The number of nitrogens with zero attached hydrogens (tertiary/aromatic N) is 2. The molecule has 2 aromatic rings. The largest absolute Gasteiger partial charge is 0.481 e. The number of carboxylic acids is 1. The van der Waals surface area contributed by atoms with Crippen molar-refractivity contribution in [1.82, 2.24) is 10.2 Å². The zero-order chi connectivity index (χ0) is 15.2. The second kappa shape index (κ2) is 7.34. The second-order valence-corrected chi connectivity index (χ2v) is 6.99. The van der Waals surface area contributed by atoms with Gasteiger partial charge < -0.3 is 5.11 Å². The number of hydrogen-bond acceptors (Lipinski definition) is 7. The van der Waals surface area contributed by atoms with E-state index < -0.39 is 5.97 Å². The number of carbonyl (C=O) groups is 2. The number of thiophene rings is 1. The average Bonchev–Trinajstić information content (AvgIpc) is 3.03. The van der Waals surface area contributed by atoms with E-state index in [2.05, 4.69) is 15.5 Å². The molecule has 2 heterocycles. The van der Waals surface area contributed by atoms with E-state index in [4.69, 9.17) is 5.11 Å². The summed E-state index contributed by atoms with van der Waals surface area (Å²) < 4.78 is 0.505. The number of rotatable bonds is 6. The summed E-state index contributed by atoms with van der Waals surface area (Å²) in [6.07, 6.45) is 3.18. The molecular formula is C12H11N3O3S3. The van der Waals surface area contributed by atoms with E-state index in [0.717, 1.165) is 33.5 Å². The van der Waals surface area contributed by atoms with Gasteiger partial charge in [0.25, 0.3) is 0 Å². The molecule has 0 fully saturated rings. The van der Waals surface area contributed by atoms with Gasteiger partial charge in [-0.2, -0.15) is 0 Å². The summed E-state index contributed by atoms with van der Waals surface area (Å²) >= 11 is 3.77. The Bertz CT molecular complexity index is 678. The van der Waals surface area contributed by atoms with E-state index in [1.807, 2.05) is 18.4 Å². The third-order valence-electron chi connectivity index (χ3n) is 2.24. The Labute approximate surface area is 132 Å². The highest BCUT2D eigenvalue weighted by Crippen LogP contribution is 2.25. The lowest BCUT2D eigenvalue weighted by atomic mass is 10.3. The van der Waals surface area contributed by atoms with Crippen molar-refractivity contribution in [2.45, 2.75) is 11.3 Å². The molecule has 0 unspecified atom stereocenters. The van der Waals surface area contributed by atoms with Gasteiger partial charge in [-0.15, -0.1) is 21.5 Å². The normalized spacial score (nSPS) is 10.9. The molecule has 1 amide bonds. The molecule has 2 N–H and O–H groups in total. The van der Waals surface area contributed by atoms with Crippen molar-refractivity contribution >= 4 is 57.5 Å². The number of nitrogens with one attached hydrogen (secondary N) is 1. The predicted molar refractivity (Wildman–Crippen MR) is 85.0 cm³/mol. The highest BCUT2D eigenvalue weighted by molar-refractivity contribution is 8.01. The molecule has 110 valence electrons. The summed E-state index contributed by atoms with van der Waals surface area (Å²) in [5.74, 6) is -1.30. The minimum atomic E-state index is -0.921. The van der Waals surface area contributed by atoms with Crippen LogP contribution in [-0.4, -0.2) is 32.9 Å². The number of aliphatic carboxylic acids is 1. The summed E-state index contributed by atoms with van der Waals surface area (Å²) in [4.78, 5) is 23.2.